The molecule has 0 saturated heterocycles. The van der Waals surface area contributed by atoms with Gasteiger partial charge in [0.05, 0.1) is 12.1 Å². The molecule has 0 saturated carbocycles. The largest absolute Gasteiger partial charge is 0.478 e. The van der Waals surface area contributed by atoms with E-state index < -0.39 is 30.4 Å². The summed E-state index contributed by atoms with van der Waals surface area (Å²) >= 11 is 0. The highest BCUT2D eigenvalue weighted by molar-refractivity contribution is 5.98. The fraction of sp³-hybridized carbons (Fsp3) is 0.160. The molecule has 7 nitrogen and oxygen atoms in total. The lowest BCUT2D eigenvalue weighted by Crippen LogP contribution is -2.45. The number of rotatable bonds is 7. The van der Waals surface area contributed by atoms with Crippen LogP contribution >= 0.6 is 0 Å². The minimum absolute atomic E-state index is 0.0559. The highest BCUT2D eigenvalue weighted by atomic mass is 19.3. The summed E-state index contributed by atoms with van der Waals surface area (Å²) in [6.45, 7) is -1.34. The summed E-state index contributed by atoms with van der Waals surface area (Å²) < 4.78 is 33.7. The van der Waals surface area contributed by atoms with Gasteiger partial charge in [-0.15, -0.1) is 0 Å². The minimum Gasteiger partial charge on any atom is -0.478 e. The third-order valence-electron chi connectivity index (χ3n) is 5.50. The predicted molar refractivity (Wildman–Crippen MR) is 120 cm³/mol. The third kappa shape index (κ3) is 4.73. The van der Waals surface area contributed by atoms with Crippen LogP contribution in [0.4, 0.5) is 19.3 Å². The Morgan fingerprint density at radius 3 is 2.15 bits per heavy atom. The molecular weight excluding hydrogens is 446 g/mol. The van der Waals surface area contributed by atoms with Crippen LogP contribution in [0.1, 0.15) is 27.4 Å². The monoisotopic (exact) mass is 466 g/mol. The molecule has 34 heavy (non-hydrogen) atoms. The molecule has 3 N–H and O–H groups in total. The van der Waals surface area contributed by atoms with Crippen LogP contribution in [0.25, 0.3) is 11.1 Å². The quantitative estimate of drug-likeness (QED) is 0.476. The highest BCUT2D eigenvalue weighted by Crippen LogP contribution is 2.44. The van der Waals surface area contributed by atoms with Gasteiger partial charge in [-0.3, -0.25) is 4.79 Å². The number of benzene rings is 3. The Bertz CT molecular complexity index is 1220. The van der Waals surface area contributed by atoms with Crippen molar-refractivity contribution < 1.29 is 33.0 Å². The van der Waals surface area contributed by atoms with Gasteiger partial charge in [-0.2, -0.15) is 8.78 Å². The number of hydrogen-bond acceptors (Lipinski definition) is 4. The Hall–Kier alpha value is -4.27. The molecule has 2 amide bonds. The number of carboxylic acid groups (broad SMARTS) is 1. The Balaban J connectivity index is 1.33. The van der Waals surface area contributed by atoms with Gasteiger partial charge >= 0.3 is 18.0 Å². The summed E-state index contributed by atoms with van der Waals surface area (Å²) in [5.41, 5.74) is 3.74. The summed E-state index contributed by atoms with van der Waals surface area (Å²) in [6, 6.07) is 20.3. The van der Waals surface area contributed by atoms with Crippen molar-refractivity contribution in [3.05, 3.63) is 89.5 Å². The van der Waals surface area contributed by atoms with Gasteiger partial charge in [-0.05, 0) is 40.5 Å². The maximum Gasteiger partial charge on any atom is 0.407 e. The first-order valence-corrected chi connectivity index (χ1v) is 10.4. The molecule has 0 bridgehead atoms. The molecule has 0 atom stereocenters. The lowest BCUT2D eigenvalue weighted by molar-refractivity contribution is -0.138. The van der Waals surface area contributed by atoms with E-state index in [4.69, 9.17) is 9.84 Å². The van der Waals surface area contributed by atoms with E-state index in [0.29, 0.717) is 0 Å². The predicted octanol–water partition coefficient (Wildman–Crippen LogP) is 4.50. The Morgan fingerprint density at radius 2 is 1.53 bits per heavy atom. The van der Waals surface area contributed by atoms with Crippen LogP contribution in [-0.4, -0.2) is 42.2 Å². The number of alkyl halides is 2. The van der Waals surface area contributed by atoms with Gasteiger partial charge in [0.2, 0.25) is 0 Å². The summed E-state index contributed by atoms with van der Waals surface area (Å²) in [5.74, 6) is -7.14. The van der Waals surface area contributed by atoms with E-state index in [9.17, 15) is 23.2 Å². The zero-order valence-electron chi connectivity index (χ0n) is 17.8. The van der Waals surface area contributed by atoms with Crippen molar-refractivity contribution in [3.63, 3.8) is 0 Å². The average Bonchev–Trinajstić information content (AvgIpc) is 3.15. The molecule has 1 aliphatic carbocycles. The molecule has 174 valence electrons. The number of anilines is 1. The molecule has 4 rings (SSSR count). The molecule has 0 aromatic heterocycles. The Kier molecular flexibility index (Phi) is 6.27. The lowest BCUT2D eigenvalue weighted by atomic mass is 9.98. The molecule has 3 aromatic carbocycles. The molecule has 0 heterocycles. The molecule has 1 aliphatic rings. The number of fused-ring (bicyclic) bond motifs is 3. The van der Waals surface area contributed by atoms with Crippen LogP contribution < -0.4 is 10.6 Å². The second-order valence-corrected chi connectivity index (χ2v) is 7.72. The van der Waals surface area contributed by atoms with Crippen molar-refractivity contribution in [2.75, 3.05) is 18.5 Å². The Morgan fingerprint density at radius 1 is 0.912 bits per heavy atom. The second kappa shape index (κ2) is 9.30. The molecule has 9 heteroatoms. The van der Waals surface area contributed by atoms with E-state index in [0.717, 1.165) is 28.3 Å². The van der Waals surface area contributed by atoms with Gasteiger partial charge in [0.15, 0.2) is 0 Å². The van der Waals surface area contributed by atoms with E-state index in [1.807, 2.05) is 59.2 Å². The zero-order valence-corrected chi connectivity index (χ0v) is 17.8. The summed E-state index contributed by atoms with van der Waals surface area (Å²) in [7, 11) is 0. The third-order valence-corrected chi connectivity index (χ3v) is 5.50. The number of carbonyl (C=O) groups is 3. The van der Waals surface area contributed by atoms with Gasteiger partial charge in [0.1, 0.15) is 6.61 Å². The van der Waals surface area contributed by atoms with Crippen molar-refractivity contribution in [3.8, 4) is 11.1 Å². The number of carbonyl (C=O) groups excluding carboxylic acids is 2. The summed E-state index contributed by atoms with van der Waals surface area (Å²) in [4.78, 5) is 35.1. The average molecular weight is 466 g/mol. The maximum atomic E-state index is 14.3. The van der Waals surface area contributed by atoms with Crippen LogP contribution in [-0.2, 0) is 9.53 Å². The number of aromatic carboxylic acids is 1. The van der Waals surface area contributed by atoms with E-state index in [1.165, 1.54) is 18.2 Å². The van der Waals surface area contributed by atoms with E-state index in [-0.39, 0.29) is 23.8 Å². The fourth-order valence-electron chi connectivity index (χ4n) is 3.87. The molecule has 0 spiro atoms. The molecule has 0 radical (unpaired) electrons. The van der Waals surface area contributed by atoms with Crippen molar-refractivity contribution in [2.24, 2.45) is 0 Å². The first-order chi connectivity index (χ1) is 16.3. The number of ether oxygens (including phenoxy) is 1. The smallest absolute Gasteiger partial charge is 0.407 e. The van der Waals surface area contributed by atoms with E-state index in [2.05, 4.69) is 0 Å². The normalized spacial score (nSPS) is 12.4. The van der Waals surface area contributed by atoms with Crippen LogP contribution in [0.15, 0.2) is 72.8 Å². The van der Waals surface area contributed by atoms with Crippen molar-refractivity contribution in [1.82, 2.24) is 5.32 Å². The number of nitrogens with one attached hydrogen (secondary N) is 2. The van der Waals surface area contributed by atoms with Crippen LogP contribution in [0.5, 0.6) is 0 Å². The fourth-order valence-corrected chi connectivity index (χ4v) is 3.87. The molecule has 3 aromatic rings. The number of carboxylic acids is 1. The first kappa shape index (κ1) is 22.9. The van der Waals surface area contributed by atoms with Crippen molar-refractivity contribution in [2.45, 2.75) is 11.8 Å². The van der Waals surface area contributed by atoms with E-state index in [1.54, 1.807) is 0 Å². The van der Waals surface area contributed by atoms with Crippen molar-refractivity contribution >= 4 is 23.7 Å². The molecule has 0 aliphatic heterocycles. The van der Waals surface area contributed by atoms with Gasteiger partial charge < -0.3 is 20.5 Å². The molecule has 0 fully saturated rings. The van der Waals surface area contributed by atoms with Gasteiger partial charge in [-0.25, -0.2) is 9.59 Å². The van der Waals surface area contributed by atoms with Gasteiger partial charge in [0, 0.05) is 11.6 Å². The highest BCUT2D eigenvalue weighted by Gasteiger charge is 2.39. The van der Waals surface area contributed by atoms with Gasteiger partial charge in [-0.1, -0.05) is 54.6 Å². The second-order valence-electron chi connectivity index (χ2n) is 7.72. The van der Waals surface area contributed by atoms with Crippen LogP contribution in [0, 0.1) is 0 Å². The number of hydrogen-bond donors (Lipinski definition) is 3. The Labute approximate surface area is 193 Å². The zero-order chi connectivity index (χ0) is 24.3. The topological polar surface area (TPSA) is 105 Å². The SMILES string of the molecule is O=C(NCC(F)(F)C(=O)Nc1cccc(C(=O)O)c1)OCC1c2ccccc2-c2ccccc21. The standard InChI is InChI=1S/C25H20F2N2O5/c26-25(27,23(32)29-16-7-5-6-15(12-16)22(30)31)14-28-24(33)34-13-21-19-10-3-1-8-17(19)18-9-2-4-11-20(18)21/h1-12,21H,13-14H2,(H,28,33)(H,29,32)(H,30,31). The maximum absolute atomic E-state index is 14.3. The van der Waals surface area contributed by atoms with Crippen LogP contribution in [0.2, 0.25) is 0 Å². The van der Waals surface area contributed by atoms with Gasteiger partial charge in [0.25, 0.3) is 5.91 Å². The van der Waals surface area contributed by atoms with E-state index >= 15 is 0 Å². The van der Waals surface area contributed by atoms with Crippen LogP contribution in [0.3, 0.4) is 0 Å². The van der Waals surface area contributed by atoms with Crippen molar-refractivity contribution in [1.29, 1.82) is 0 Å². The number of amides is 2. The summed E-state index contributed by atoms with van der Waals surface area (Å²) in [6.07, 6.45) is -1.08. The lowest BCUT2D eigenvalue weighted by Gasteiger charge is -2.18. The summed E-state index contributed by atoms with van der Waals surface area (Å²) in [5, 5.41) is 12.8. The molecule has 0 unspecified atom stereocenters. The first-order valence-electron chi connectivity index (χ1n) is 10.4. The minimum atomic E-state index is -3.95. The number of alkyl carbamates (subject to hydrolysis) is 1. The number of halogens is 2. The molecular formula is C25H20F2N2O5.